The summed E-state index contributed by atoms with van der Waals surface area (Å²) in [5.41, 5.74) is 0.185. The van der Waals surface area contributed by atoms with E-state index in [9.17, 15) is 9.59 Å². The summed E-state index contributed by atoms with van der Waals surface area (Å²) in [6.07, 6.45) is 3.08. The predicted molar refractivity (Wildman–Crippen MR) is 75.8 cm³/mol. The molecule has 1 N–H and O–H groups in total. The van der Waals surface area contributed by atoms with Crippen molar-refractivity contribution in [3.63, 3.8) is 0 Å². The van der Waals surface area contributed by atoms with E-state index >= 15 is 0 Å². The number of halogens is 1. The van der Waals surface area contributed by atoms with Crippen molar-refractivity contribution in [2.24, 2.45) is 0 Å². The van der Waals surface area contributed by atoms with E-state index in [4.69, 9.17) is 0 Å². The SMILES string of the molecule is C=C(NC(C)=O)C(=O)N1C(C)CCC1CCI. The maximum absolute atomic E-state index is 12.2. The van der Waals surface area contributed by atoms with Crippen LogP contribution in [-0.2, 0) is 9.59 Å². The van der Waals surface area contributed by atoms with Crippen LogP contribution >= 0.6 is 22.6 Å². The molecule has 1 rings (SSSR count). The number of amides is 2. The predicted octanol–water partition coefficient (Wildman–Crippen LogP) is 1.84. The fourth-order valence-electron chi connectivity index (χ4n) is 2.27. The first-order valence-corrected chi connectivity index (χ1v) is 7.35. The summed E-state index contributed by atoms with van der Waals surface area (Å²) in [5.74, 6) is -0.388. The van der Waals surface area contributed by atoms with Gasteiger partial charge < -0.3 is 10.2 Å². The van der Waals surface area contributed by atoms with Crippen LogP contribution in [0.4, 0.5) is 0 Å². The Kier molecular flexibility index (Phi) is 5.42. The van der Waals surface area contributed by atoms with E-state index in [1.54, 1.807) is 0 Å². The Balaban J connectivity index is 2.71. The normalized spacial score (nSPS) is 23.6. The quantitative estimate of drug-likeness (QED) is 0.478. The molecule has 2 amide bonds. The molecule has 2 unspecified atom stereocenters. The number of nitrogens with one attached hydrogen (secondary N) is 1. The van der Waals surface area contributed by atoms with Crippen LogP contribution < -0.4 is 5.32 Å². The minimum atomic E-state index is -0.249. The maximum atomic E-state index is 12.2. The number of carbonyl (C=O) groups excluding carboxylic acids is 2. The molecule has 5 heteroatoms. The Hall–Kier alpha value is -0.590. The second-order valence-electron chi connectivity index (χ2n) is 4.43. The topological polar surface area (TPSA) is 49.4 Å². The van der Waals surface area contributed by atoms with Gasteiger partial charge in [0.25, 0.3) is 5.91 Å². The van der Waals surface area contributed by atoms with Crippen molar-refractivity contribution in [1.29, 1.82) is 0 Å². The van der Waals surface area contributed by atoms with Crippen LogP contribution in [0.2, 0.25) is 0 Å². The molecule has 17 heavy (non-hydrogen) atoms. The van der Waals surface area contributed by atoms with Gasteiger partial charge in [-0.15, -0.1) is 0 Å². The fourth-order valence-corrected chi connectivity index (χ4v) is 2.99. The third kappa shape index (κ3) is 3.69. The van der Waals surface area contributed by atoms with Gasteiger partial charge in [0.05, 0.1) is 5.70 Å². The summed E-state index contributed by atoms with van der Waals surface area (Å²) in [5, 5.41) is 2.48. The van der Waals surface area contributed by atoms with Gasteiger partial charge in [0.2, 0.25) is 5.91 Å². The molecule has 1 fully saturated rings. The largest absolute Gasteiger partial charge is 0.332 e. The molecule has 0 aliphatic carbocycles. The molecule has 0 aromatic heterocycles. The Morgan fingerprint density at radius 3 is 2.65 bits per heavy atom. The van der Waals surface area contributed by atoms with E-state index in [1.807, 2.05) is 11.8 Å². The van der Waals surface area contributed by atoms with Gasteiger partial charge in [0, 0.05) is 23.4 Å². The van der Waals surface area contributed by atoms with Gasteiger partial charge in [0.15, 0.2) is 0 Å². The van der Waals surface area contributed by atoms with E-state index in [0.717, 1.165) is 23.7 Å². The summed E-state index contributed by atoms with van der Waals surface area (Å²) in [6.45, 7) is 7.07. The highest BCUT2D eigenvalue weighted by Crippen LogP contribution is 2.27. The fraction of sp³-hybridized carbons (Fsp3) is 0.667. The number of nitrogens with zero attached hydrogens (tertiary/aromatic N) is 1. The zero-order valence-corrected chi connectivity index (χ0v) is 12.5. The molecule has 0 bridgehead atoms. The minimum Gasteiger partial charge on any atom is -0.332 e. The molecule has 96 valence electrons. The Labute approximate surface area is 116 Å². The molecule has 4 nitrogen and oxygen atoms in total. The number of alkyl halides is 1. The van der Waals surface area contributed by atoms with E-state index < -0.39 is 0 Å². The van der Waals surface area contributed by atoms with Gasteiger partial charge in [-0.3, -0.25) is 9.59 Å². The summed E-state index contributed by atoms with van der Waals surface area (Å²) in [6, 6.07) is 0.529. The van der Waals surface area contributed by atoms with Crippen molar-refractivity contribution in [2.45, 2.75) is 45.2 Å². The van der Waals surface area contributed by atoms with Crippen molar-refractivity contribution in [1.82, 2.24) is 10.2 Å². The van der Waals surface area contributed by atoms with Gasteiger partial charge in [-0.05, 0) is 26.2 Å². The van der Waals surface area contributed by atoms with Crippen LogP contribution in [0.1, 0.15) is 33.1 Å². The molecule has 1 aliphatic heterocycles. The summed E-state index contributed by atoms with van der Waals surface area (Å²) in [7, 11) is 0. The van der Waals surface area contributed by atoms with E-state index in [-0.39, 0.29) is 23.6 Å². The summed E-state index contributed by atoms with van der Waals surface area (Å²) in [4.78, 5) is 25.0. The van der Waals surface area contributed by atoms with Gasteiger partial charge in [-0.2, -0.15) is 0 Å². The van der Waals surface area contributed by atoms with Crippen LogP contribution in [-0.4, -0.2) is 33.2 Å². The molecule has 0 aromatic rings. The third-order valence-electron chi connectivity index (χ3n) is 3.05. The van der Waals surface area contributed by atoms with Gasteiger partial charge in [-0.25, -0.2) is 0 Å². The van der Waals surface area contributed by atoms with Gasteiger partial charge >= 0.3 is 0 Å². The highest BCUT2D eigenvalue weighted by Gasteiger charge is 2.34. The molecule has 0 radical (unpaired) electrons. The number of rotatable bonds is 4. The summed E-state index contributed by atoms with van der Waals surface area (Å²) >= 11 is 2.32. The number of hydrogen-bond donors (Lipinski definition) is 1. The van der Waals surface area contributed by atoms with Crippen molar-refractivity contribution in [3.8, 4) is 0 Å². The molecule has 2 atom stereocenters. The Morgan fingerprint density at radius 1 is 1.47 bits per heavy atom. The number of likely N-dealkylation sites (tertiary alicyclic amines) is 1. The van der Waals surface area contributed by atoms with Crippen molar-refractivity contribution >= 4 is 34.4 Å². The molecular weight excluding hydrogens is 331 g/mol. The van der Waals surface area contributed by atoms with Gasteiger partial charge in [-0.1, -0.05) is 29.2 Å². The smallest absolute Gasteiger partial charge is 0.270 e. The summed E-state index contributed by atoms with van der Waals surface area (Å²) < 4.78 is 1.03. The molecule has 1 saturated heterocycles. The maximum Gasteiger partial charge on any atom is 0.270 e. The molecule has 0 spiro atoms. The minimum absolute atomic E-state index is 0.139. The first-order valence-electron chi connectivity index (χ1n) is 5.82. The molecular formula is C12H19IN2O2. The van der Waals surface area contributed by atoms with Crippen molar-refractivity contribution in [3.05, 3.63) is 12.3 Å². The second kappa shape index (κ2) is 6.37. The van der Waals surface area contributed by atoms with Crippen molar-refractivity contribution < 1.29 is 9.59 Å². The zero-order valence-electron chi connectivity index (χ0n) is 10.3. The molecule has 1 aliphatic rings. The monoisotopic (exact) mass is 350 g/mol. The third-order valence-corrected chi connectivity index (χ3v) is 3.67. The molecule has 0 aromatic carbocycles. The van der Waals surface area contributed by atoms with E-state index in [1.165, 1.54) is 6.92 Å². The number of hydrogen-bond acceptors (Lipinski definition) is 2. The lowest BCUT2D eigenvalue weighted by Crippen LogP contribution is -2.43. The number of carbonyl (C=O) groups is 2. The first-order chi connectivity index (χ1) is 7.97. The second-order valence-corrected chi connectivity index (χ2v) is 5.51. The van der Waals surface area contributed by atoms with Crippen LogP contribution in [0.5, 0.6) is 0 Å². The van der Waals surface area contributed by atoms with Crippen molar-refractivity contribution in [2.75, 3.05) is 4.43 Å². The Bertz CT molecular complexity index is 328. The lowest BCUT2D eigenvalue weighted by molar-refractivity contribution is -0.131. The van der Waals surface area contributed by atoms with E-state index in [0.29, 0.717) is 6.04 Å². The molecule has 1 heterocycles. The average Bonchev–Trinajstić information content (AvgIpc) is 2.58. The van der Waals surface area contributed by atoms with E-state index in [2.05, 4.69) is 34.5 Å². The highest BCUT2D eigenvalue weighted by molar-refractivity contribution is 14.1. The van der Waals surface area contributed by atoms with Crippen LogP contribution in [0.3, 0.4) is 0 Å². The van der Waals surface area contributed by atoms with Crippen LogP contribution in [0.25, 0.3) is 0 Å². The highest BCUT2D eigenvalue weighted by atomic mass is 127. The first kappa shape index (κ1) is 14.5. The lowest BCUT2D eigenvalue weighted by Gasteiger charge is -2.29. The Morgan fingerprint density at radius 2 is 2.12 bits per heavy atom. The van der Waals surface area contributed by atoms with Gasteiger partial charge in [0.1, 0.15) is 0 Å². The molecule has 0 saturated carbocycles. The van der Waals surface area contributed by atoms with Crippen LogP contribution in [0, 0.1) is 0 Å². The standard InChI is InChI=1S/C12H19IN2O2/c1-8-4-5-11(6-7-13)15(8)12(17)9(2)14-10(3)16/h8,11H,2,4-7H2,1,3H3,(H,14,16). The zero-order chi connectivity index (χ0) is 13.0. The average molecular weight is 350 g/mol. The lowest BCUT2D eigenvalue weighted by atomic mass is 10.1. The van der Waals surface area contributed by atoms with Crippen LogP contribution in [0.15, 0.2) is 12.3 Å².